The Hall–Kier alpha value is -2.71. The SMILES string of the molecule is C#Cc1cnc(N)c(F)c1.Sc1c[nH]c(-c2ccccc2)c1. The van der Waals surface area contributed by atoms with Gasteiger partial charge in [0.1, 0.15) is 0 Å². The lowest BCUT2D eigenvalue weighted by Crippen LogP contribution is -1.94. The summed E-state index contributed by atoms with van der Waals surface area (Å²) in [6, 6.07) is 13.4. The monoisotopic (exact) mass is 311 g/mol. The number of nitrogens with zero attached hydrogens (tertiary/aromatic N) is 1. The van der Waals surface area contributed by atoms with Gasteiger partial charge in [0, 0.05) is 28.5 Å². The van der Waals surface area contributed by atoms with Gasteiger partial charge >= 0.3 is 0 Å². The number of anilines is 1. The molecule has 0 unspecified atom stereocenters. The summed E-state index contributed by atoms with van der Waals surface area (Å²) in [4.78, 5) is 7.62. The average molecular weight is 311 g/mol. The van der Waals surface area contributed by atoms with Crippen LogP contribution in [0.2, 0.25) is 0 Å². The molecule has 2 aromatic heterocycles. The lowest BCUT2D eigenvalue weighted by atomic mass is 10.2. The van der Waals surface area contributed by atoms with Crippen LogP contribution in [0.3, 0.4) is 0 Å². The van der Waals surface area contributed by atoms with Crippen molar-refractivity contribution in [3.63, 3.8) is 0 Å². The lowest BCUT2D eigenvalue weighted by Gasteiger charge is -1.94. The van der Waals surface area contributed by atoms with Gasteiger partial charge in [-0.25, -0.2) is 9.37 Å². The van der Waals surface area contributed by atoms with Gasteiger partial charge in [-0.2, -0.15) is 0 Å². The van der Waals surface area contributed by atoms with E-state index in [0.29, 0.717) is 5.56 Å². The van der Waals surface area contributed by atoms with Crippen molar-refractivity contribution in [3.05, 3.63) is 66.2 Å². The van der Waals surface area contributed by atoms with E-state index in [1.165, 1.54) is 17.8 Å². The Morgan fingerprint density at radius 3 is 2.50 bits per heavy atom. The molecule has 22 heavy (non-hydrogen) atoms. The minimum atomic E-state index is -0.574. The summed E-state index contributed by atoms with van der Waals surface area (Å²) in [5, 5.41) is 0. The van der Waals surface area contributed by atoms with Gasteiger partial charge in [-0.15, -0.1) is 19.1 Å². The van der Waals surface area contributed by atoms with E-state index in [2.05, 4.69) is 40.6 Å². The van der Waals surface area contributed by atoms with Crippen molar-refractivity contribution in [1.29, 1.82) is 0 Å². The first-order chi connectivity index (χ1) is 10.6. The molecule has 0 atom stereocenters. The zero-order chi connectivity index (χ0) is 15.9. The van der Waals surface area contributed by atoms with Crippen molar-refractivity contribution >= 4 is 18.4 Å². The van der Waals surface area contributed by atoms with Crippen molar-refractivity contribution in [2.75, 3.05) is 5.73 Å². The van der Waals surface area contributed by atoms with Crippen LogP contribution in [0.4, 0.5) is 10.2 Å². The van der Waals surface area contributed by atoms with Gasteiger partial charge in [0.2, 0.25) is 0 Å². The largest absolute Gasteiger partial charge is 0.381 e. The minimum Gasteiger partial charge on any atom is -0.381 e. The van der Waals surface area contributed by atoms with Crippen molar-refractivity contribution in [1.82, 2.24) is 9.97 Å². The van der Waals surface area contributed by atoms with Crippen LogP contribution in [-0.2, 0) is 0 Å². The number of nitrogen functional groups attached to an aromatic ring is 1. The number of benzene rings is 1. The van der Waals surface area contributed by atoms with E-state index in [4.69, 9.17) is 12.2 Å². The summed E-state index contributed by atoms with van der Waals surface area (Å²) in [5.41, 5.74) is 7.79. The van der Waals surface area contributed by atoms with E-state index in [1.807, 2.05) is 30.5 Å². The Balaban J connectivity index is 0.000000164. The molecule has 0 aliphatic rings. The molecule has 0 aliphatic carbocycles. The van der Waals surface area contributed by atoms with Gasteiger partial charge in [-0.1, -0.05) is 36.3 Å². The highest BCUT2D eigenvalue weighted by molar-refractivity contribution is 7.80. The third-order valence-electron chi connectivity index (χ3n) is 2.79. The maximum atomic E-state index is 12.5. The number of nitrogens with one attached hydrogen (secondary N) is 1. The van der Waals surface area contributed by atoms with Crippen LogP contribution in [0.25, 0.3) is 11.3 Å². The Bertz CT molecular complexity index is 791. The van der Waals surface area contributed by atoms with Crippen LogP contribution in [0, 0.1) is 18.2 Å². The number of hydrogen-bond donors (Lipinski definition) is 3. The van der Waals surface area contributed by atoms with E-state index >= 15 is 0 Å². The second-order valence-corrected chi connectivity index (χ2v) is 4.89. The number of rotatable bonds is 1. The summed E-state index contributed by atoms with van der Waals surface area (Å²) in [5.74, 6) is 1.54. The van der Waals surface area contributed by atoms with E-state index < -0.39 is 5.82 Å². The Labute approximate surface area is 133 Å². The van der Waals surface area contributed by atoms with E-state index in [0.717, 1.165) is 10.6 Å². The fraction of sp³-hybridized carbons (Fsp3) is 0. The molecule has 3 aromatic rings. The number of halogens is 1. The summed E-state index contributed by atoms with van der Waals surface area (Å²) >= 11 is 4.22. The quantitative estimate of drug-likeness (QED) is 0.473. The molecule has 110 valence electrons. The number of terminal acetylenes is 1. The van der Waals surface area contributed by atoms with Crippen LogP contribution >= 0.6 is 12.6 Å². The third kappa shape index (κ3) is 4.14. The van der Waals surface area contributed by atoms with Crippen molar-refractivity contribution in [2.45, 2.75) is 4.90 Å². The summed E-state index contributed by atoms with van der Waals surface area (Å²) in [6.45, 7) is 0. The van der Waals surface area contributed by atoms with E-state index in [1.54, 1.807) is 0 Å². The first kappa shape index (κ1) is 15.7. The predicted molar refractivity (Wildman–Crippen MR) is 90.0 cm³/mol. The first-order valence-corrected chi connectivity index (χ1v) is 6.85. The Morgan fingerprint density at radius 2 is 1.95 bits per heavy atom. The number of H-pyrrole nitrogens is 1. The van der Waals surface area contributed by atoms with Crippen LogP contribution in [-0.4, -0.2) is 9.97 Å². The normalized spacial score (nSPS) is 9.50. The molecule has 3 N–H and O–H groups in total. The highest BCUT2D eigenvalue weighted by Gasteiger charge is 1.98. The molecule has 3 nitrogen and oxygen atoms in total. The van der Waals surface area contributed by atoms with Gasteiger partial charge in [0.05, 0.1) is 0 Å². The van der Waals surface area contributed by atoms with E-state index in [9.17, 15) is 4.39 Å². The number of pyridine rings is 1. The van der Waals surface area contributed by atoms with Crippen LogP contribution in [0.1, 0.15) is 5.56 Å². The fourth-order valence-corrected chi connectivity index (χ4v) is 1.89. The molecule has 0 radical (unpaired) electrons. The summed E-state index contributed by atoms with van der Waals surface area (Å²) in [6.07, 6.45) is 8.20. The maximum absolute atomic E-state index is 12.5. The molecule has 0 amide bonds. The zero-order valence-corrected chi connectivity index (χ0v) is 12.5. The molecule has 2 heterocycles. The number of thiol groups is 1. The molecule has 5 heteroatoms. The second kappa shape index (κ2) is 7.34. The fourth-order valence-electron chi connectivity index (χ4n) is 1.69. The van der Waals surface area contributed by atoms with Gasteiger partial charge < -0.3 is 10.7 Å². The van der Waals surface area contributed by atoms with E-state index in [-0.39, 0.29) is 5.82 Å². The molecule has 0 aliphatic heterocycles. The Kier molecular flexibility index (Phi) is 5.23. The molecule has 0 fully saturated rings. The smallest absolute Gasteiger partial charge is 0.166 e. The number of aromatic nitrogens is 2. The molecule has 1 aromatic carbocycles. The van der Waals surface area contributed by atoms with Gasteiger partial charge in [-0.3, -0.25) is 0 Å². The second-order valence-electron chi connectivity index (χ2n) is 4.37. The Morgan fingerprint density at radius 1 is 1.23 bits per heavy atom. The lowest BCUT2D eigenvalue weighted by molar-refractivity contribution is 0.627. The molecule has 3 rings (SSSR count). The highest BCUT2D eigenvalue weighted by Crippen LogP contribution is 2.19. The predicted octanol–water partition coefficient (Wildman–Crippen LogP) is 3.75. The molecular formula is C17H14FN3S. The minimum absolute atomic E-state index is 0.126. The van der Waals surface area contributed by atoms with Crippen molar-refractivity contribution < 1.29 is 4.39 Å². The molecular weight excluding hydrogens is 297 g/mol. The number of aromatic amines is 1. The standard InChI is InChI=1S/C10H9NS.C7H5FN2/c12-9-6-10(11-7-9)8-4-2-1-3-5-8;1-2-5-3-6(8)7(9)10-4-5/h1-7,11-12H;1,3-4H,(H2,9,10). The van der Waals surface area contributed by atoms with Crippen molar-refractivity contribution in [3.8, 4) is 23.6 Å². The zero-order valence-electron chi connectivity index (χ0n) is 11.6. The average Bonchev–Trinajstić information content (AvgIpc) is 2.98. The van der Waals surface area contributed by atoms with Gasteiger partial charge in [-0.05, 0) is 17.7 Å². The third-order valence-corrected chi connectivity index (χ3v) is 3.05. The topological polar surface area (TPSA) is 54.7 Å². The van der Waals surface area contributed by atoms with Crippen LogP contribution < -0.4 is 5.73 Å². The maximum Gasteiger partial charge on any atom is 0.166 e. The number of hydrogen-bond acceptors (Lipinski definition) is 3. The molecule has 0 spiro atoms. The molecule has 0 saturated heterocycles. The molecule has 0 bridgehead atoms. The van der Waals surface area contributed by atoms with Gasteiger partial charge in [0.25, 0.3) is 0 Å². The molecule has 0 saturated carbocycles. The highest BCUT2D eigenvalue weighted by atomic mass is 32.1. The first-order valence-electron chi connectivity index (χ1n) is 6.40. The van der Waals surface area contributed by atoms with Crippen molar-refractivity contribution in [2.24, 2.45) is 0 Å². The summed E-state index contributed by atoms with van der Waals surface area (Å²) in [7, 11) is 0. The summed E-state index contributed by atoms with van der Waals surface area (Å²) < 4.78 is 12.5. The van der Waals surface area contributed by atoms with Crippen LogP contribution in [0.15, 0.2) is 59.8 Å². The van der Waals surface area contributed by atoms with Gasteiger partial charge in [0.15, 0.2) is 11.6 Å². The van der Waals surface area contributed by atoms with Crippen LogP contribution in [0.5, 0.6) is 0 Å². The number of nitrogens with two attached hydrogens (primary N) is 1.